The van der Waals surface area contributed by atoms with Gasteiger partial charge in [-0.15, -0.1) is 0 Å². The number of carboxylic acids is 2. The van der Waals surface area contributed by atoms with Gasteiger partial charge in [0.05, 0.1) is 0 Å². The Morgan fingerprint density at radius 2 is 1.29 bits per heavy atom. The summed E-state index contributed by atoms with van der Waals surface area (Å²) in [6, 6.07) is 0. The van der Waals surface area contributed by atoms with Crippen LogP contribution in [0.2, 0.25) is 0 Å². The third-order valence-electron chi connectivity index (χ3n) is 4.57. The lowest BCUT2D eigenvalue weighted by Crippen LogP contribution is -2.40. The van der Waals surface area contributed by atoms with Crippen LogP contribution in [0.25, 0.3) is 0 Å². The highest BCUT2D eigenvalue weighted by atomic mass is 16.4. The molecule has 0 unspecified atom stereocenters. The Bertz CT molecular complexity index is 434. The van der Waals surface area contributed by atoms with Crippen LogP contribution in [0, 0.1) is 29.1 Å². The minimum absolute atomic E-state index is 0.0208. The molecule has 2 bridgehead atoms. The van der Waals surface area contributed by atoms with E-state index in [-0.39, 0.29) is 24.4 Å². The van der Waals surface area contributed by atoms with Crippen molar-refractivity contribution in [1.29, 1.82) is 0 Å². The standard InChI is InChI=1S/C11H10O6/c12-5-1-3-6(13)2-4(5)8-7(3)11(8,9(14)15)10(16)17/h3-4,7-8H,1-2H2,(H,14,15)(H,16,17)/t3-,4+,7-,8-/m1/s1. The van der Waals surface area contributed by atoms with E-state index in [1.165, 1.54) is 0 Å². The number of fused-ring (bicyclic) bond motifs is 2. The minimum Gasteiger partial charge on any atom is -0.480 e. The van der Waals surface area contributed by atoms with Gasteiger partial charge in [-0.25, -0.2) is 0 Å². The summed E-state index contributed by atoms with van der Waals surface area (Å²) in [6.45, 7) is 0. The molecule has 4 saturated carbocycles. The van der Waals surface area contributed by atoms with Crippen molar-refractivity contribution in [2.24, 2.45) is 29.1 Å². The molecule has 0 aromatic rings. The van der Waals surface area contributed by atoms with Gasteiger partial charge in [0.15, 0.2) is 5.41 Å². The number of carbonyl (C=O) groups excluding carboxylic acids is 2. The molecule has 2 N–H and O–H groups in total. The van der Waals surface area contributed by atoms with Gasteiger partial charge >= 0.3 is 11.9 Å². The van der Waals surface area contributed by atoms with Gasteiger partial charge in [0.25, 0.3) is 0 Å². The zero-order chi connectivity index (χ0) is 12.5. The van der Waals surface area contributed by atoms with E-state index in [1.54, 1.807) is 0 Å². The van der Waals surface area contributed by atoms with Gasteiger partial charge in [-0.1, -0.05) is 0 Å². The smallest absolute Gasteiger partial charge is 0.321 e. The van der Waals surface area contributed by atoms with E-state index in [0.29, 0.717) is 0 Å². The normalized spacial score (nSPS) is 40.9. The first-order chi connectivity index (χ1) is 7.92. The van der Waals surface area contributed by atoms with E-state index in [9.17, 15) is 19.2 Å². The zero-order valence-corrected chi connectivity index (χ0v) is 8.75. The van der Waals surface area contributed by atoms with Crippen molar-refractivity contribution in [1.82, 2.24) is 0 Å². The first kappa shape index (κ1) is 10.4. The van der Waals surface area contributed by atoms with Gasteiger partial charge in [0.2, 0.25) is 0 Å². The maximum absolute atomic E-state index is 11.6. The molecule has 0 aromatic carbocycles. The zero-order valence-electron chi connectivity index (χ0n) is 8.75. The second-order valence-corrected chi connectivity index (χ2v) is 5.08. The third kappa shape index (κ3) is 0.924. The Morgan fingerprint density at radius 3 is 1.59 bits per heavy atom. The third-order valence-corrected chi connectivity index (χ3v) is 4.57. The largest absolute Gasteiger partial charge is 0.480 e. The summed E-state index contributed by atoms with van der Waals surface area (Å²) in [4.78, 5) is 45.7. The van der Waals surface area contributed by atoms with Crippen LogP contribution < -0.4 is 0 Å². The summed E-state index contributed by atoms with van der Waals surface area (Å²) < 4.78 is 0. The van der Waals surface area contributed by atoms with Crippen LogP contribution >= 0.6 is 0 Å². The molecule has 4 aliphatic rings. The fourth-order valence-corrected chi connectivity index (χ4v) is 3.86. The summed E-state index contributed by atoms with van der Waals surface area (Å²) in [5.74, 6) is -5.88. The molecule has 0 radical (unpaired) electrons. The van der Waals surface area contributed by atoms with E-state index >= 15 is 0 Å². The molecule has 4 rings (SSSR count). The van der Waals surface area contributed by atoms with E-state index in [2.05, 4.69) is 0 Å². The lowest BCUT2D eigenvalue weighted by molar-refractivity contribution is -0.158. The van der Waals surface area contributed by atoms with E-state index in [4.69, 9.17) is 10.2 Å². The molecule has 0 saturated heterocycles. The fourth-order valence-electron chi connectivity index (χ4n) is 3.86. The van der Waals surface area contributed by atoms with Crippen LogP contribution in [0.3, 0.4) is 0 Å². The van der Waals surface area contributed by atoms with Crippen molar-refractivity contribution >= 4 is 23.5 Å². The molecule has 4 atom stereocenters. The van der Waals surface area contributed by atoms with E-state index in [0.717, 1.165) is 0 Å². The molecule has 6 nitrogen and oxygen atoms in total. The summed E-state index contributed by atoms with van der Waals surface area (Å²) in [6.07, 6.45) is 0.0416. The summed E-state index contributed by atoms with van der Waals surface area (Å²) in [7, 11) is 0. The molecular formula is C11H10O6. The molecule has 4 aliphatic carbocycles. The number of carboxylic acid groups (broad SMARTS) is 2. The van der Waals surface area contributed by atoms with Gasteiger partial charge in [-0.05, 0) is 0 Å². The lowest BCUT2D eigenvalue weighted by atomic mass is 9.69. The summed E-state index contributed by atoms with van der Waals surface area (Å²) in [5, 5.41) is 18.3. The number of rotatable bonds is 2. The van der Waals surface area contributed by atoms with Crippen LogP contribution in [0.15, 0.2) is 0 Å². The minimum atomic E-state index is -1.90. The van der Waals surface area contributed by atoms with Gasteiger partial charge in [-0.3, -0.25) is 19.2 Å². The number of ketones is 2. The molecule has 17 heavy (non-hydrogen) atoms. The first-order valence-corrected chi connectivity index (χ1v) is 5.44. The van der Waals surface area contributed by atoms with E-state index in [1.807, 2.05) is 0 Å². The second kappa shape index (κ2) is 2.75. The first-order valence-electron chi connectivity index (χ1n) is 5.44. The highest BCUT2D eigenvalue weighted by Gasteiger charge is 2.83. The Hall–Kier alpha value is -1.72. The molecule has 6 heteroatoms. The van der Waals surface area contributed by atoms with Gasteiger partial charge in [-0.2, -0.15) is 0 Å². The van der Waals surface area contributed by atoms with E-state index < -0.39 is 41.0 Å². The molecular weight excluding hydrogens is 228 g/mol. The fraction of sp³-hybridized carbons (Fsp3) is 0.636. The molecule has 0 heterocycles. The Morgan fingerprint density at radius 1 is 0.941 bits per heavy atom. The number of hydrogen-bond acceptors (Lipinski definition) is 4. The van der Waals surface area contributed by atoms with Crippen molar-refractivity contribution in [3.8, 4) is 0 Å². The predicted octanol–water partition coefficient (Wildman–Crippen LogP) is -0.434. The molecule has 0 amide bonds. The Labute approximate surface area is 95.6 Å². The topological polar surface area (TPSA) is 109 Å². The quantitative estimate of drug-likeness (QED) is 0.631. The Kier molecular flexibility index (Phi) is 1.69. The second-order valence-electron chi connectivity index (χ2n) is 5.08. The predicted molar refractivity (Wildman–Crippen MR) is 50.9 cm³/mol. The number of hydrogen-bond donors (Lipinski definition) is 2. The highest BCUT2D eigenvalue weighted by molar-refractivity contribution is 6.09. The monoisotopic (exact) mass is 238 g/mol. The molecule has 0 aromatic heterocycles. The van der Waals surface area contributed by atoms with Crippen molar-refractivity contribution in [2.75, 3.05) is 0 Å². The highest BCUT2D eigenvalue weighted by Crippen LogP contribution is 2.72. The van der Waals surface area contributed by atoms with Crippen LogP contribution in [0.1, 0.15) is 12.8 Å². The lowest BCUT2D eigenvalue weighted by Gasteiger charge is -2.31. The van der Waals surface area contributed by atoms with Gasteiger partial charge < -0.3 is 10.2 Å². The van der Waals surface area contributed by atoms with Crippen LogP contribution in [0.4, 0.5) is 0 Å². The van der Waals surface area contributed by atoms with Gasteiger partial charge in [0, 0.05) is 36.5 Å². The molecule has 0 spiro atoms. The molecule has 90 valence electrons. The number of aliphatic carboxylic acids is 2. The Balaban J connectivity index is 2.10. The van der Waals surface area contributed by atoms with Crippen molar-refractivity contribution in [3.63, 3.8) is 0 Å². The number of Topliss-reactive ketones (excluding diaryl/α,β-unsaturated/α-hetero) is 2. The summed E-state index contributed by atoms with van der Waals surface area (Å²) in [5.41, 5.74) is -1.90. The van der Waals surface area contributed by atoms with Crippen LogP contribution in [-0.2, 0) is 19.2 Å². The van der Waals surface area contributed by atoms with Gasteiger partial charge in [0.1, 0.15) is 11.6 Å². The van der Waals surface area contributed by atoms with Crippen molar-refractivity contribution in [2.45, 2.75) is 12.8 Å². The maximum atomic E-state index is 11.6. The van der Waals surface area contributed by atoms with Crippen LogP contribution in [0.5, 0.6) is 0 Å². The average molecular weight is 238 g/mol. The molecule has 4 fully saturated rings. The average Bonchev–Trinajstić information content (AvgIpc) is 2.92. The number of carbonyl (C=O) groups is 4. The van der Waals surface area contributed by atoms with Crippen molar-refractivity contribution in [3.05, 3.63) is 0 Å². The molecule has 0 aliphatic heterocycles. The van der Waals surface area contributed by atoms with Crippen LogP contribution in [-0.4, -0.2) is 33.7 Å². The SMILES string of the molecule is O=C1C[C@H]2C(=O)C[C@H]1[C@@H]1[C@@H]2C1(C(=O)O)C(=O)O. The van der Waals surface area contributed by atoms with Crippen molar-refractivity contribution < 1.29 is 29.4 Å². The summed E-state index contributed by atoms with van der Waals surface area (Å²) >= 11 is 0. The maximum Gasteiger partial charge on any atom is 0.321 e.